The number of thioether (sulfide) groups is 1. The van der Waals surface area contributed by atoms with E-state index in [1.54, 1.807) is 38.3 Å². The number of carbonyl (C=O) groups is 1. The highest BCUT2D eigenvalue weighted by atomic mass is 32.2. The maximum atomic E-state index is 12.5. The molecule has 26 heavy (non-hydrogen) atoms. The Labute approximate surface area is 160 Å². The van der Waals surface area contributed by atoms with Crippen molar-refractivity contribution in [2.24, 2.45) is 0 Å². The predicted octanol–water partition coefficient (Wildman–Crippen LogP) is 2.64. The van der Waals surface area contributed by atoms with Gasteiger partial charge in [-0.3, -0.25) is 9.10 Å². The Morgan fingerprint density at radius 1 is 1.31 bits per heavy atom. The first kappa shape index (κ1) is 20.9. The molecule has 8 heteroatoms. The number of benzene rings is 1. The smallest absolute Gasteiger partial charge is 0.243 e. The van der Waals surface area contributed by atoms with Gasteiger partial charge < -0.3 is 10.1 Å². The first-order chi connectivity index (χ1) is 12.3. The molecular weight excluding hydrogens is 372 g/mol. The van der Waals surface area contributed by atoms with Crippen molar-refractivity contribution in [3.8, 4) is 5.75 Å². The van der Waals surface area contributed by atoms with Gasteiger partial charge in [-0.2, -0.15) is 11.8 Å². The number of anilines is 1. The molecule has 1 fully saturated rings. The summed E-state index contributed by atoms with van der Waals surface area (Å²) in [5.74, 6) is 1.19. The van der Waals surface area contributed by atoms with Crippen LogP contribution >= 0.6 is 11.8 Å². The SMILES string of the molecule is COc1ccc(N(C(C)C(=O)NCCSC2CCCC2)S(C)(=O)=O)cc1. The topological polar surface area (TPSA) is 75.7 Å². The molecule has 1 aliphatic carbocycles. The fourth-order valence-corrected chi connectivity index (χ4v) is 5.54. The Kier molecular flexibility index (Phi) is 7.64. The minimum Gasteiger partial charge on any atom is -0.497 e. The summed E-state index contributed by atoms with van der Waals surface area (Å²) in [6, 6.07) is 5.81. The molecular formula is C18H28N2O4S2. The lowest BCUT2D eigenvalue weighted by Crippen LogP contribution is -2.48. The summed E-state index contributed by atoms with van der Waals surface area (Å²) in [5, 5.41) is 3.57. The van der Waals surface area contributed by atoms with Crippen LogP contribution in [-0.4, -0.2) is 51.3 Å². The predicted molar refractivity (Wildman–Crippen MR) is 108 cm³/mol. The third-order valence-corrected chi connectivity index (χ3v) is 7.10. The van der Waals surface area contributed by atoms with E-state index < -0.39 is 16.1 Å². The number of nitrogens with zero attached hydrogens (tertiary/aromatic N) is 1. The van der Waals surface area contributed by atoms with Crippen LogP contribution in [0.5, 0.6) is 5.75 Å². The van der Waals surface area contributed by atoms with Gasteiger partial charge in [-0.15, -0.1) is 0 Å². The van der Waals surface area contributed by atoms with E-state index in [1.165, 1.54) is 25.7 Å². The molecule has 0 heterocycles. The highest BCUT2D eigenvalue weighted by Gasteiger charge is 2.29. The van der Waals surface area contributed by atoms with Crippen molar-refractivity contribution < 1.29 is 17.9 Å². The molecule has 1 N–H and O–H groups in total. The van der Waals surface area contributed by atoms with Crippen molar-refractivity contribution in [3.05, 3.63) is 24.3 Å². The largest absolute Gasteiger partial charge is 0.497 e. The van der Waals surface area contributed by atoms with E-state index in [0.29, 0.717) is 23.2 Å². The van der Waals surface area contributed by atoms with Gasteiger partial charge >= 0.3 is 0 Å². The maximum Gasteiger partial charge on any atom is 0.243 e. The van der Waals surface area contributed by atoms with Gasteiger partial charge in [-0.1, -0.05) is 12.8 Å². The van der Waals surface area contributed by atoms with Crippen molar-refractivity contribution in [1.29, 1.82) is 0 Å². The number of methoxy groups -OCH3 is 1. The van der Waals surface area contributed by atoms with Crippen molar-refractivity contribution in [2.45, 2.75) is 43.9 Å². The second-order valence-electron chi connectivity index (χ2n) is 6.50. The summed E-state index contributed by atoms with van der Waals surface area (Å²) in [6.07, 6.45) is 6.22. The van der Waals surface area contributed by atoms with E-state index in [2.05, 4.69) is 5.32 Å². The van der Waals surface area contributed by atoms with Crippen LogP contribution in [0.3, 0.4) is 0 Å². The highest BCUT2D eigenvalue weighted by molar-refractivity contribution is 7.99. The van der Waals surface area contributed by atoms with Gasteiger partial charge in [0.1, 0.15) is 11.8 Å². The number of amides is 1. The van der Waals surface area contributed by atoms with Crippen LogP contribution in [0.2, 0.25) is 0 Å². The van der Waals surface area contributed by atoms with E-state index in [-0.39, 0.29) is 5.91 Å². The Balaban J connectivity index is 1.96. The summed E-state index contributed by atoms with van der Waals surface area (Å²) in [4.78, 5) is 12.5. The fraction of sp³-hybridized carbons (Fsp3) is 0.611. The molecule has 0 spiro atoms. The molecule has 1 aromatic carbocycles. The van der Waals surface area contributed by atoms with E-state index in [9.17, 15) is 13.2 Å². The summed E-state index contributed by atoms with van der Waals surface area (Å²) in [6.45, 7) is 2.15. The van der Waals surface area contributed by atoms with Crippen LogP contribution in [0.15, 0.2) is 24.3 Å². The van der Waals surface area contributed by atoms with Crippen LogP contribution in [0.4, 0.5) is 5.69 Å². The third-order valence-electron chi connectivity index (χ3n) is 4.47. The standard InChI is InChI=1S/C18H28N2O4S2/c1-14(18(21)19-12-13-25-17-6-4-5-7-17)20(26(3,22)23)15-8-10-16(24-2)11-9-15/h8-11,14,17H,4-7,12-13H2,1-3H3,(H,19,21). The molecule has 0 aliphatic heterocycles. The molecule has 1 aromatic rings. The van der Waals surface area contributed by atoms with Crippen LogP contribution in [0.25, 0.3) is 0 Å². The second kappa shape index (κ2) is 9.50. The highest BCUT2D eigenvalue weighted by Crippen LogP contribution is 2.29. The van der Waals surface area contributed by atoms with Gasteiger partial charge in [0.2, 0.25) is 15.9 Å². The van der Waals surface area contributed by atoms with Crippen molar-refractivity contribution >= 4 is 33.4 Å². The molecule has 0 saturated heterocycles. The summed E-state index contributed by atoms with van der Waals surface area (Å²) in [7, 11) is -2.05. The van der Waals surface area contributed by atoms with E-state index >= 15 is 0 Å². The number of sulfonamides is 1. The molecule has 0 radical (unpaired) electrons. The zero-order chi connectivity index (χ0) is 19.2. The normalized spacial score (nSPS) is 16.3. The fourth-order valence-electron chi connectivity index (χ4n) is 3.14. The molecule has 0 aromatic heterocycles. The first-order valence-electron chi connectivity index (χ1n) is 8.85. The Morgan fingerprint density at radius 3 is 2.46 bits per heavy atom. The van der Waals surface area contributed by atoms with Crippen molar-refractivity contribution in [3.63, 3.8) is 0 Å². The number of carbonyl (C=O) groups excluding carboxylic acids is 1. The summed E-state index contributed by atoms with van der Waals surface area (Å²) >= 11 is 1.89. The average molecular weight is 401 g/mol. The van der Waals surface area contributed by atoms with Gasteiger partial charge in [-0.25, -0.2) is 8.42 Å². The number of hydrogen-bond acceptors (Lipinski definition) is 5. The van der Waals surface area contributed by atoms with Gasteiger partial charge in [-0.05, 0) is 44.0 Å². The third kappa shape index (κ3) is 5.81. The Morgan fingerprint density at radius 2 is 1.92 bits per heavy atom. The minimum atomic E-state index is -3.60. The summed E-state index contributed by atoms with van der Waals surface area (Å²) < 4.78 is 30.7. The Bertz CT molecular complexity index is 686. The zero-order valence-electron chi connectivity index (χ0n) is 15.6. The van der Waals surface area contributed by atoms with Crippen LogP contribution in [-0.2, 0) is 14.8 Å². The zero-order valence-corrected chi connectivity index (χ0v) is 17.2. The lowest BCUT2D eigenvalue weighted by Gasteiger charge is -2.28. The molecule has 146 valence electrons. The minimum absolute atomic E-state index is 0.293. The number of ether oxygens (including phenoxy) is 1. The molecule has 1 atom stereocenters. The van der Waals surface area contributed by atoms with Crippen LogP contribution < -0.4 is 14.4 Å². The average Bonchev–Trinajstić information content (AvgIpc) is 3.11. The van der Waals surface area contributed by atoms with E-state index in [1.807, 2.05) is 11.8 Å². The molecule has 1 saturated carbocycles. The quantitative estimate of drug-likeness (QED) is 0.645. The lowest BCUT2D eigenvalue weighted by atomic mass is 10.2. The van der Waals surface area contributed by atoms with Gasteiger partial charge in [0.15, 0.2) is 0 Å². The van der Waals surface area contributed by atoms with Crippen LogP contribution in [0.1, 0.15) is 32.6 Å². The monoisotopic (exact) mass is 400 g/mol. The molecule has 6 nitrogen and oxygen atoms in total. The number of rotatable bonds is 9. The van der Waals surface area contributed by atoms with Crippen LogP contribution in [0, 0.1) is 0 Å². The summed E-state index contributed by atoms with van der Waals surface area (Å²) in [5.41, 5.74) is 0.441. The first-order valence-corrected chi connectivity index (χ1v) is 11.8. The molecule has 1 unspecified atom stereocenters. The van der Waals surface area contributed by atoms with E-state index in [0.717, 1.165) is 16.3 Å². The lowest BCUT2D eigenvalue weighted by molar-refractivity contribution is -0.121. The van der Waals surface area contributed by atoms with Crippen molar-refractivity contribution in [1.82, 2.24) is 5.32 Å². The molecule has 2 rings (SSSR count). The van der Waals surface area contributed by atoms with Gasteiger partial charge in [0.05, 0.1) is 19.1 Å². The second-order valence-corrected chi connectivity index (χ2v) is 9.77. The molecule has 0 bridgehead atoms. The number of hydrogen-bond donors (Lipinski definition) is 1. The molecule has 1 amide bonds. The van der Waals surface area contributed by atoms with E-state index in [4.69, 9.17) is 4.74 Å². The Hall–Kier alpha value is -1.41. The van der Waals surface area contributed by atoms with Crippen molar-refractivity contribution in [2.75, 3.05) is 30.0 Å². The van der Waals surface area contributed by atoms with Gasteiger partial charge in [0, 0.05) is 17.5 Å². The molecule has 1 aliphatic rings. The van der Waals surface area contributed by atoms with Gasteiger partial charge in [0.25, 0.3) is 0 Å². The number of nitrogens with one attached hydrogen (secondary N) is 1. The maximum absolute atomic E-state index is 12.5.